The van der Waals surface area contributed by atoms with Crippen molar-refractivity contribution in [2.45, 2.75) is 32.4 Å². The maximum Gasteiger partial charge on any atom is 0.186 e. The summed E-state index contributed by atoms with van der Waals surface area (Å²) in [5.74, 6) is -0.0195. The summed E-state index contributed by atoms with van der Waals surface area (Å²) in [7, 11) is 0. The second-order valence-electron chi connectivity index (χ2n) is 2.55. The largest absolute Gasteiger partial charge is 0.303 e. The Morgan fingerprint density at radius 1 is 1.64 bits per heavy atom. The summed E-state index contributed by atoms with van der Waals surface area (Å²) >= 11 is 1.26. The van der Waals surface area contributed by atoms with Gasteiger partial charge in [-0.25, -0.2) is 0 Å². The van der Waals surface area contributed by atoms with Crippen LogP contribution in [0.5, 0.6) is 0 Å². The van der Waals surface area contributed by atoms with Gasteiger partial charge in [-0.15, -0.1) is 0 Å². The second kappa shape index (κ2) is 5.35. The Balaban J connectivity index is 3.93. The van der Waals surface area contributed by atoms with Crippen LogP contribution < -0.4 is 0 Å². The fraction of sp³-hybridized carbons (Fsp3) is 0.750. The first-order valence-electron chi connectivity index (χ1n) is 3.74. The van der Waals surface area contributed by atoms with Gasteiger partial charge < -0.3 is 4.79 Å². The Kier molecular flexibility index (Phi) is 5.20. The second-order valence-corrected chi connectivity index (χ2v) is 3.97. The Bertz CT molecular complexity index is 145. The SMILES string of the molecule is CCC(SC(C)=O)C(C)C=O. The molecule has 11 heavy (non-hydrogen) atoms. The predicted octanol–water partition coefficient (Wildman–Crippen LogP) is 1.88. The lowest BCUT2D eigenvalue weighted by Gasteiger charge is -2.14. The number of hydrogen-bond acceptors (Lipinski definition) is 3. The van der Waals surface area contributed by atoms with E-state index in [1.54, 1.807) is 0 Å². The summed E-state index contributed by atoms with van der Waals surface area (Å²) in [5, 5.41) is 0.246. The summed E-state index contributed by atoms with van der Waals surface area (Å²) < 4.78 is 0. The number of aldehydes is 1. The molecule has 0 N–H and O–H groups in total. The third-order valence-corrected chi connectivity index (χ3v) is 2.92. The number of hydrogen-bond donors (Lipinski definition) is 0. The van der Waals surface area contributed by atoms with Gasteiger partial charge in [-0.05, 0) is 6.42 Å². The predicted molar refractivity (Wildman–Crippen MR) is 47.6 cm³/mol. The summed E-state index contributed by atoms with van der Waals surface area (Å²) in [4.78, 5) is 21.0. The van der Waals surface area contributed by atoms with Crippen molar-refractivity contribution in [3.63, 3.8) is 0 Å². The van der Waals surface area contributed by atoms with Gasteiger partial charge in [-0.3, -0.25) is 4.79 Å². The highest BCUT2D eigenvalue weighted by molar-refractivity contribution is 8.14. The number of thioether (sulfide) groups is 1. The maximum atomic E-state index is 10.7. The fourth-order valence-corrected chi connectivity index (χ4v) is 1.74. The molecule has 0 fully saturated rings. The van der Waals surface area contributed by atoms with Gasteiger partial charge in [0, 0.05) is 18.1 Å². The van der Waals surface area contributed by atoms with Crippen molar-refractivity contribution in [2.24, 2.45) is 5.92 Å². The highest BCUT2D eigenvalue weighted by atomic mass is 32.2. The van der Waals surface area contributed by atoms with E-state index in [-0.39, 0.29) is 16.3 Å². The molecule has 0 aromatic rings. The Hall–Kier alpha value is -0.310. The maximum absolute atomic E-state index is 10.7. The molecule has 2 atom stereocenters. The summed E-state index contributed by atoms with van der Waals surface area (Å²) in [6.07, 6.45) is 1.77. The average molecular weight is 174 g/mol. The lowest BCUT2D eigenvalue weighted by Crippen LogP contribution is -2.15. The summed E-state index contributed by atoms with van der Waals surface area (Å²) in [6.45, 7) is 5.36. The van der Waals surface area contributed by atoms with Crippen LogP contribution in [0, 0.1) is 5.92 Å². The minimum Gasteiger partial charge on any atom is -0.303 e. The van der Waals surface area contributed by atoms with E-state index < -0.39 is 0 Å². The zero-order valence-electron chi connectivity index (χ0n) is 7.16. The van der Waals surface area contributed by atoms with E-state index in [0.717, 1.165) is 12.7 Å². The van der Waals surface area contributed by atoms with Gasteiger partial charge in [0.2, 0.25) is 0 Å². The molecule has 0 radical (unpaired) electrons. The minimum absolute atomic E-state index is 0.0195. The molecule has 0 spiro atoms. The molecule has 0 bridgehead atoms. The highest BCUT2D eigenvalue weighted by Crippen LogP contribution is 2.21. The molecule has 0 heterocycles. The van der Waals surface area contributed by atoms with Crippen molar-refractivity contribution in [3.8, 4) is 0 Å². The van der Waals surface area contributed by atoms with Gasteiger partial charge in [0.15, 0.2) is 5.12 Å². The van der Waals surface area contributed by atoms with Gasteiger partial charge in [0.25, 0.3) is 0 Å². The molecule has 0 saturated carbocycles. The number of rotatable bonds is 4. The number of carbonyl (C=O) groups excluding carboxylic acids is 2. The molecule has 2 nitrogen and oxygen atoms in total. The van der Waals surface area contributed by atoms with Crippen molar-refractivity contribution in [1.82, 2.24) is 0 Å². The van der Waals surface area contributed by atoms with Crippen LogP contribution >= 0.6 is 11.8 Å². The first-order chi connectivity index (χ1) is 5.11. The quantitative estimate of drug-likeness (QED) is 0.610. The Labute approximate surface area is 71.7 Å². The Morgan fingerprint density at radius 2 is 2.18 bits per heavy atom. The highest BCUT2D eigenvalue weighted by Gasteiger charge is 2.16. The van der Waals surface area contributed by atoms with E-state index in [1.165, 1.54) is 18.7 Å². The van der Waals surface area contributed by atoms with Gasteiger partial charge in [-0.2, -0.15) is 0 Å². The molecule has 0 aromatic carbocycles. The first-order valence-corrected chi connectivity index (χ1v) is 4.62. The van der Waals surface area contributed by atoms with E-state index in [0.29, 0.717) is 0 Å². The molecule has 0 aromatic heterocycles. The smallest absolute Gasteiger partial charge is 0.186 e. The van der Waals surface area contributed by atoms with Crippen molar-refractivity contribution < 1.29 is 9.59 Å². The molecule has 0 aliphatic carbocycles. The van der Waals surface area contributed by atoms with Crippen LogP contribution in [0.25, 0.3) is 0 Å². The standard InChI is InChI=1S/C8H14O2S/c1-4-8(6(2)5-9)11-7(3)10/h5-6,8H,4H2,1-3H3. The third kappa shape index (κ3) is 4.19. The monoisotopic (exact) mass is 174 g/mol. The molecule has 64 valence electrons. The van der Waals surface area contributed by atoms with Crippen LogP contribution in [0.2, 0.25) is 0 Å². The van der Waals surface area contributed by atoms with Gasteiger partial charge in [0.1, 0.15) is 6.29 Å². The molecule has 0 aliphatic rings. The molecular weight excluding hydrogens is 160 g/mol. The summed E-state index contributed by atoms with van der Waals surface area (Å²) in [5.41, 5.74) is 0. The normalized spacial score (nSPS) is 15.5. The Morgan fingerprint density at radius 3 is 2.45 bits per heavy atom. The van der Waals surface area contributed by atoms with Gasteiger partial charge >= 0.3 is 0 Å². The summed E-state index contributed by atoms with van der Waals surface area (Å²) in [6, 6.07) is 0. The van der Waals surface area contributed by atoms with Crippen molar-refractivity contribution in [3.05, 3.63) is 0 Å². The van der Waals surface area contributed by atoms with E-state index in [2.05, 4.69) is 0 Å². The van der Waals surface area contributed by atoms with Gasteiger partial charge in [-0.1, -0.05) is 25.6 Å². The minimum atomic E-state index is -0.0195. The van der Waals surface area contributed by atoms with E-state index in [9.17, 15) is 9.59 Å². The lowest BCUT2D eigenvalue weighted by atomic mass is 10.1. The fourth-order valence-electron chi connectivity index (χ4n) is 0.863. The topological polar surface area (TPSA) is 34.1 Å². The van der Waals surface area contributed by atoms with E-state index in [1.807, 2.05) is 13.8 Å². The van der Waals surface area contributed by atoms with Crippen LogP contribution in [0.15, 0.2) is 0 Å². The van der Waals surface area contributed by atoms with Crippen LogP contribution in [0.4, 0.5) is 0 Å². The first kappa shape index (κ1) is 10.7. The molecular formula is C8H14O2S. The molecule has 0 aliphatic heterocycles. The lowest BCUT2D eigenvalue weighted by molar-refractivity contribution is -0.110. The van der Waals surface area contributed by atoms with Crippen molar-refractivity contribution >= 4 is 23.2 Å². The van der Waals surface area contributed by atoms with E-state index in [4.69, 9.17) is 0 Å². The molecule has 0 rings (SSSR count). The van der Waals surface area contributed by atoms with Gasteiger partial charge in [0.05, 0.1) is 0 Å². The van der Waals surface area contributed by atoms with Crippen LogP contribution in [0.3, 0.4) is 0 Å². The molecule has 2 unspecified atom stereocenters. The molecule has 0 saturated heterocycles. The average Bonchev–Trinajstić information content (AvgIpc) is 1.98. The molecule has 0 amide bonds. The van der Waals surface area contributed by atoms with Crippen LogP contribution in [-0.4, -0.2) is 16.7 Å². The zero-order valence-corrected chi connectivity index (χ0v) is 7.98. The molecule has 3 heteroatoms. The van der Waals surface area contributed by atoms with Crippen LogP contribution in [-0.2, 0) is 9.59 Å². The number of carbonyl (C=O) groups is 2. The van der Waals surface area contributed by atoms with Crippen LogP contribution in [0.1, 0.15) is 27.2 Å². The van der Waals surface area contributed by atoms with Crippen molar-refractivity contribution in [2.75, 3.05) is 0 Å². The van der Waals surface area contributed by atoms with Crippen molar-refractivity contribution in [1.29, 1.82) is 0 Å². The van der Waals surface area contributed by atoms with E-state index >= 15 is 0 Å². The zero-order chi connectivity index (χ0) is 8.85. The third-order valence-electron chi connectivity index (χ3n) is 1.52.